The average Bonchev–Trinajstić information content (AvgIpc) is 3.64. The van der Waals surface area contributed by atoms with Crippen LogP contribution in [0.15, 0.2) is 48.5 Å². The maximum absolute atomic E-state index is 13.1. The zero-order valence-corrected chi connectivity index (χ0v) is 19.0. The molecule has 1 saturated carbocycles. The van der Waals surface area contributed by atoms with Crippen molar-refractivity contribution in [1.82, 2.24) is 4.90 Å². The number of likely N-dealkylation sites (tertiary alicyclic amines) is 1. The Hall–Kier alpha value is -2.54. The second-order valence-corrected chi connectivity index (χ2v) is 8.85. The first-order valence-corrected chi connectivity index (χ1v) is 11.6. The van der Waals surface area contributed by atoms with E-state index in [2.05, 4.69) is 17.0 Å². The molecule has 2 aromatic rings. The summed E-state index contributed by atoms with van der Waals surface area (Å²) in [5.41, 5.74) is 1.36. The summed E-state index contributed by atoms with van der Waals surface area (Å²) in [6, 6.07) is 13.9. The van der Waals surface area contributed by atoms with Crippen molar-refractivity contribution in [3.8, 4) is 5.75 Å². The van der Waals surface area contributed by atoms with E-state index in [4.69, 9.17) is 9.47 Å². The van der Waals surface area contributed by atoms with Gasteiger partial charge in [0, 0.05) is 24.0 Å². The van der Waals surface area contributed by atoms with E-state index >= 15 is 0 Å². The van der Waals surface area contributed by atoms with Gasteiger partial charge in [0.05, 0.1) is 25.7 Å². The maximum Gasteiger partial charge on any atom is 0.416 e. The van der Waals surface area contributed by atoms with E-state index in [1.54, 1.807) is 26.2 Å². The minimum Gasteiger partial charge on any atom is -0.497 e. The van der Waals surface area contributed by atoms with Crippen molar-refractivity contribution in [2.45, 2.75) is 69.2 Å². The van der Waals surface area contributed by atoms with Crippen molar-refractivity contribution in [1.29, 1.82) is 0 Å². The summed E-state index contributed by atoms with van der Waals surface area (Å²) in [6.07, 6.45) is -0.363. The Morgan fingerprint density at radius 1 is 0.970 bits per heavy atom. The van der Waals surface area contributed by atoms with Gasteiger partial charge in [0.25, 0.3) is 0 Å². The molecule has 2 fully saturated rings. The third-order valence-electron chi connectivity index (χ3n) is 6.77. The molecule has 7 heteroatoms. The SMILES string of the molecule is CCOC(=O)C[C@H]1[C@H](c2ccc(C(F)(F)F)cc2)CC[C@@H](c2ccc(OC)cc2)N1C1CC1. The van der Waals surface area contributed by atoms with E-state index in [0.29, 0.717) is 12.6 Å². The lowest BCUT2D eigenvalue weighted by atomic mass is 9.77. The number of hydrogen-bond acceptors (Lipinski definition) is 4. The molecule has 0 spiro atoms. The van der Waals surface area contributed by atoms with Crippen molar-refractivity contribution < 1.29 is 27.4 Å². The van der Waals surface area contributed by atoms with Gasteiger partial charge in [0.15, 0.2) is 0 Å². The minimum atomic E-state index is -4.37. The number of nitrogens with zero attached hydrogens (tertiary/aromatic N) is 1. The lowest BCUT2D eigenvalue weighted by Crippen LogP contribution is -2.48. The van der Waals surface area contributed by atoms with E-state index in [9.17, 15) is 18.0 Å². The number of halogens is 3. The van der Waals surface area contributed by atoms with Gasteiger partial charge in [-0.25, -0.2) is 0 Å². The topological polar surface area (TPSA) is 38.8 Å². The fourth-order valence-corrected chi connectivity index (χ4v) is 5.13. The number of alkyl halides is 3. The highest BCUT2D eigenvalue weighted by atomic mass is 19.4. The molecule has 1 saturated heterocycles. The van der Waals surface area contributed by atoms with Crippen LogP contribution in [0.5, 0.6) is 5.75 Å². The van der Waals surface area contributed by atoms with E-state index in [1.165, 1.54) is 5.56 Å². The number of rotatable bonds is 7. The molecule has 33 heavy (non-hydrogen) atoms. The van der Waals surface area contributed by atoms with Crippen LogP contribution in [0.25, 0.3) is 0 Å². The summed E-state index contributed by atoms with van der Waals surface area (Å²) in [4.78, 5) is 15.0. The smallest absolute Gasteiger partial charge is 0.416 e. The molecule has 0 unspecified atom stereocenters. The minimum absolute atomic E-state index is 0.0354. The summed E-state index contributed by atoms with van der Waals surface area (Å²) in [5.74, 6) is 0.491. The third kappa shape index (κ3) is 5.35. The summed E-state index contributed by atoms with van der Waals surface area (Å²) >= 11 is 0. The molecule has 4 nitrogen and oxygen atoms in total. The predicted octanol–water partition coefficient (Wildman–Crippen LogP) is 6.12. The average molecular weight is 462 g/mol. The fourth-order valence-electron chi connectivity index (χ4n) is 5.13. The Bertz CT molecular complexity index is 939. The molecule has 0 amide bonds. The summed E-state index contributed by atoms with van der Waals surface area (Å²) < 4.78 is 49.8. The Morgan fingerprint density at radius 2 is 1.61 bits per heavy atom. The molecule has 178 valence electrons. The quantitative estimate of drug-likeness (QED) is 0.466. The first-order valence-electron chi connectivity index (χ1n) is 11.6. The molecule has 1 aliphatic carbocycles. The predicted molar refractivity (Wildman–Crippen MR) is 119 cm³/mol. The van der Waals surface area contributed by atoms with Crippen LogP contribution in [0.4, 0.5) is 13.2 Å². The summed E-state index contributed by atoms with van der Waals surface area (Å²) in [5, 5.41) is 0. The van der Waals surface area contributed by atoms with Crippen LogP contribution in [0, 0.1) is 0 Å². The van der Waals surface area contributed by atoms with E-state index < -0.39 is 11.7 Å². The molecule has 4 rings (SSSR count). The number of benzene rings is 2. The zero-order valence-electron chi connectivity index (χ0n) is 19.0. The second-order valence-electron chi connectivity index (χ2n) is 8.85. The molecular weight excluding hydrogens is 431 g/mol. The second kappa shape index (κ2) is 9.75. The normalized spacial score (nSPS) is 23.8. The van der Waals surface area contributed by atoms with Gasteiger partial charge >= 0.3 is 12.1 Å². The highest BCUT2D eigenvalue weighted by Crippen LogP contribution is 2.49. The van der Waals surface area contributed by atoms with Crippen LogP contribution in [-0.2, 0) is 15.7 Å². The van der Waals surface area contributed by atoms with Crippen LogP contribution >= 0.6 is 0 Å². The molecule has 0 N–H and O–H groups in total. The van der Waals surface area contributed by atoms with Gasteiger partial charge in [-0.1, -0.05) is 24.3 Å². The zero-order chi connectivity index (χ0) is 23.6. The van der Waals surface area contributed by atoms with Gasteiger partial charge in [-0.15, -0.1) is 0 Å². The fraction of sp³-hybridized carbons (Fsp3) is 0.500. The van der Waals surface area contributed by atoms with Gasteiger partial charge < -0.3 is 9.47 Å². The summed E-state index contributed by atoms with van der Waals surface area (Å²) in [7, 11) is 1.64. The molecule has 2 aliphatic rings. The molecule has 2 aromatic carbocycles. The molecule has 3 atom stereocenters. The van der Waals surface area contributed by atoms with E-state index in [1.807, 2.05) is 12.1 Å². The van der Waals surface area contributed by atoms with Gasteiger partial charge in [-0.05, 0) is 68.0 Å². The highest BCUT2D eigenvalue weighted by Gasteiger charge is 2.46. The molecule has 0 radical (unpaired) electrons. The van der Waals surface area contributed by atoms with E-state index in [-0.39, 0.29) is 30.4 Å². The Balaban J connectivity index is 1.66. The van der Waals surface area contributed by atoms with Crippen molar-refractivity contribution >= 4 is 5.97 Å². The van der Waals surface area contributed by atoms with Crippen molar-refractivity contribution in [3.63, 3.8) is 0 Å². The standard InChI is InChI=1S/C26H30F3NO3/c1-3-33-25(31)16-24-22(17-4-8-19(9-5-17)26(27,28)29)14-15-23(30(24)20-10-11-20)18-6-12-21(32-2)13-7-18/h4-9,12-13,20,22-24H,3,10-11,14-16H2,1-2H3/t22-,23-,24-/m0/s1. The number of hydrogen-bond donors (Lipinski definition) is 0. The van der Waals surface area contributed by atoms with Crippen molar-refractivity contribution in [2.24, 2.45) is 0 Å². The Morgan fingerprint density at radius 3 is 2.15 bits per heavy atom. The first-order chi connectivity index (χ1) is 15.8. The molecule has 1 heterocycles. The van der Waals surface area contributed by atoms with Crippen molar-refractivity contribution in [3.05, 3.63) is 65.2 Å². The number of carbonyl (C=O) groups is 1. The molecular formula is C26H30F3NO3. The van der Waals surface area contributed by atoms with Gasteiger partial charge in [0.1, 0.15) is 5.75 Å². The van der Waals surface area contributed by atoms with Crippen LogP contribution < -0.4 is 4.74 Å². The monoisotopic (exact) mass is 461 g/mol. The maximum atomic E-state index is 13.1. The molecule has 0 bridgehead atoms. The van der Waals surface area contributed by atoms with Gasteiger partial charge in [-0.3, -0.25) is 9.69 Å². The van der Waals surface area contributed by atoms with Gasteiger partial charge in [0.2, 0.25) is 0 Å². The van der Waals surface area contributed by atoms with Crippen LogP contribution in [0.1, 0.15) is 67.7 Å². The number of piperidine rings is 1. The Kier molecular flexibility index (Phi) is 6.98. The summed E-state index contributed by atoms with van der Waals surface area (Å²) in [6.45, 7) is 2.09. The van der Waals surface area contributed by atoms with E-state index in [0.717, 1.165) is 49.1 Å². The lowest BCUT2D eigenvalue weighted by Gasteiger charge is -2.47. The Labute approximate surface area is 192 Å². The first kappa shape index (κ1) is 23.6. The highest BCUT2D eigenvalue weighted by molar-refractivity contribution is 5.70. The molecule has 1 aliphatic heterocycles. The van der Waals surface area contributed by atoms with Crippen LogP contribution in [0.2, 0.25) is 0 Å². The number of ether oxygens (including phenoxy) is 2. The number of carbonyl (C=O) groups excluding carboxylic acids is 1. The van der Waals surface area contributed by atoms with Gasteiger partial charge in [-0.2, -0.15) is 13.2 Å². The number of methoxy groups -OCH3 is 1. The lowest BCUT2D eigenvalue weighted by molar-refractivity contribution is -0.145. The molecule has 0 aromatic heterocycles. The largest absolute Gasteiger partial charge is 0.497 e. The number of esters is 1. The third-order valence-corrected chi connectivity index (χ3v) is 6.77. The van der Waals surface area contributed by atoms with Crippen LogP contribution in [0.3, 0.4) is 0 Å². The van der Waals surface area contributed by atoms with Crippen molar-refractivity contribution in [2.75, 3.05) is 13.7 Å². The van der Waals surface area contributed by atoms with Crippen LogP contribution in [-0.4, -0.2) is 36.7 Å².